The third-order valence-electron chi connectivity index (χ3n) is 3.86. The highest BCUT2D eigenvalue weighted by Gasteiger charge is 2.29. The Hall–Kier alpha value is -2.64. The number of benzene rings is 1. The second kappa shape index (κ2) is 8.64. The number of nitrogens with one attached hydrogen (secondary N) is 1. The van der Waals surface area contributed by atoms with Crippen molar-refractivity contribution in [3.8, 4) is 5.75 Å². The molecule has 0 saturated heterocycles. The summed E-state index contributed by atoms with van der Waals surface area (Å²) >= 11 is 0. The first-order chi connectivity index (χ1) is 12.3. The molecule has 0 radical (unpaired) electrons. The van der Waals surface area contributed by atoms with Gasteiger partial charge in [-0.05, 0) is 36.4 Å². The summed E-state index contributed by atoms with van der Waals surface area (Å²) in [5.74, 6) is 1.11. The molecular weight excluding hydrogens is 345 g/mol. The lowest BCUT2D eigenvalue weighted by molar-refractivity contribution is -0.137. The number of hydrogen-bond donors (Lipinski definition) is 1. The molecule has 0 unspecified atom stereocenters. The van der Waals surface area contributed by atoms with Crippen LogP contribution < -0.4 is 10.1 Å². The fourth-order valence-corrected chi connectivity index (χ4v) is 2.44. The Kier molecular flexibility index (Phi) is 6.54. The zero-order valence-electron chi connectivity index (χ0n) is 15.0. The Bertz CT molecular complexity index is 723. The minimum atomic E-state index is -4.34. The van der Waals surface area contributed by atoms with Crippen LogP contribution in [0.3, 0.4) is 0 Å². The number of nitrogens with zero attached hydrogens (tertiary/aromatic N) is 3. The topological polar surface area (TPSA) is 41.8 Å². The van der Waals surface area contributed by atoms with Crippen LogP contribution in [0.25, 0.3) is 0 Å². The van der Waals surface area contributed by atoms with Crippen molar-refractivity contribution in [2.45, 2.75) is 12.7 Å². The van der Waals surface area contributed by atoms with Crippen molar-refractivity contribution in [2.75, 3.05) is 27.2 Å². The van der Waals surface area contributed by atoms with E-state index in [2.05, 4.69) is 10.3 Å². The minimum absolute atomic E-state index is 0.308. The van der Waals surface area contributed by atoms with E-state index in [1.165, 1.54) is 12.1 Å². The van der Waals surface area contributed by atoms with Crippen LogP contribution in [0.1, 0.15) is 11.3 Å². The molecule has 0 fully saturated rings. The Labute approximate surface area is 151 Å². The van der Waals surface area contributed by atoms with Gasteiger partial charge in [0, 0.05) is 33.0 Å². The second-order valence-corrected chi connectivity index (χ2v) is 5.81. The zero-order chi connectivity index (χ0) is 19.2. The van der Waals surface area contributed by atoms with Crippen LogP contribution in [0, 0.1) is 0 Å². The molecule has 0 saturated carbocycles. The maximum Gasteiger partial charge on any atom is 0.416 e. The largest absolute Gasteiger partial charge is 0.492 e. The molecule has 1 aromatic carbocycles. The summed E-state index contributed by atoms with van der Waals surface area (Å²) in [6.45, 7) is 1.48. The van der Waals surface area contributed by atoms with E-state index < -0.39 is 11.7 Å². The average Bonchev–Trinajstić information content (AvgIpc) is 2.99. The van der Waals surface area contributed by atoms with Gasteiger partial charge in [-0.1, -0.05) is 0 Å². The van der Waals surface area contributed by atoms with Crippen molar-refractivity contribution in [3.63, 3.8) is 0 Å². The van der Waals surface area contributed by atoms with Crippen molar-refractivity contribution in [2.24, 2.45) is 12.0 Å². The molecule has 26 heavy (non-hydrogen) atoms. The van der Waals surface area contributed by atoms with Crippen molar-refractivity contribution >= 4 is 5.96 Å². The highest BCUT2D eigenvalue weighted by molar-refractivity contribution is 5.79. The number of alkyl halides is 3. The van der Waals surface area contributed by atoms with E-state index in [0.717, 1.165) is 17.8 Å². The SMILES string of the molecule is CN=C(NCCOc1ccc(C(F)(F)F)cc1)N(C)Cc1cccn1C. The first-order valence-electron chi connectivity index (χ1n) is 8.13. The number of halogens is 3. The van der Waals surface area contributed by atoms with Crippen LogP contribution in [-0.2, 0) is 19.8 Å². The first kappa shape index (κ1) is 19.7. The van der Waals surface area contributed by atoms with E-state index >= 15 is 0 Å². The van der Waals surface area contributed by atoms with Crippen molar-refractivity contribution < 1.29 is 17.9 Å². The predicted octanol–water partition coefficient (Wildman–Crippen LogP) is 3.13. The molecule has 2 aromatic rings. The molecule has 1 heterocycles. The zero-order valence-corrected chi connectivity index (χ0v) is 15.0. The van der Waals surface area contributed by atoms with Gasteiger partial charge in [-0.3, -0.25) is 4.99 Å². The Balaban J connectivity index is 1.78. The fourth-order valence-electron chi connectivity index (χ4n) is 2.44. The standard InChI is InChI=1S/C18H23F3N4O/c1-22-17(25(3)13-15-5-4-11-24(15)2)23-10-12-26-16-8-6-14(7-9-16)18(19,20)21/h4-9,11H,10,12-13H2,1-3H3,(H,22,23). The molecule has 0 bridgehead atoms. The van der Waals surface area contributed by atoms with E-state index in [0.29, 0.717) is 31.4 Å². The molecule has 2 rings (SSSR count). The smallest absolute Gasteiger partial charge is 0.416 e. The molecule has 142 valence electrons. The van der Waals surface area contributed by atoms with E-state index in [1.807, 2.05) is 41.9 Å². The molecule has 5 nitrogen and oxygen atoms in total. The van der Waals surface area contributed by atoms with Gasteiger partial charge in [0.15, 0.2) is 5.96 Å². The minimum Gasteiger partial charge on any atom is -0.492 e. The Morgan fingerprint density at radius 1 is 1.23 bits per heavy atom. The third-order valence-corrected chi connectivity index (χ3v) is 3.86. The number of ether oxygens (including phenoxy) is 1. The summed E-state index contributed by atoms with van der Waals surface area (Å²) in [6.07, 6.45) is -2.35. The molecule has 1 aromatic heterocycles. The quantitative estimate of drug-likeness (QED) is 0.484. The number of aliphatic imine (C=N–C) groups is 1. The fraction of sp³-hybridized carbons (Fsp3) is 0.389. The van der Waals surface area contributed by atoms with Crippen molar-refractivity contribution in [3.05, 3.63) is 53.9 Å². The maximum absolute atomic E-state index is 12.5. The van der Waals surface area contributed by atoms with Gasteiger partial charge < -0.3 is 19.5 Å². The number of guanidine groups is 1. The van der Waals surface area contributed by atoms with Crippen LogP contribution in [0.4, 0.5) is 13.2 Å². The van der Waals surface area contributed by atoms with Crippen LogP contribution >= 0.6 is 0 Å². The lowest BCUT2D eigenvalue weighted by Gasteiger charge is -2.22. The third kappa shape index (κ3) is 5.44. The van der Waals surface area contributed by atoms with E-state index in [1.54, 1.807) is 7.05 Å². The maximum atomic E-state index is 12.5. The molecule has 0 aliphatic heterocycles. The van der Waals surface area contributed by atoms with Gasteiger partial charge in [0.2, 0.25) is 0 Å². The predicted molar refractivity (Wildman–Crippen MR) is 95.2 cm³/mol. The van der Waals surface area contributed by atoms with E-state index in [4.69, 9.17) is 4.74 Å². The number of rotatable bonds is 6. The van der Waals surface area contributed by atoms with Gasteiger partial charge in [0.25, 0.3) is 0 Å². The summed E-state index contributed by atoms with van der Waals surface area (Å²) in [5.41, 5.74) is 0.460. The summed E-state index contributed by atoms with van der Waals surface area (Å²) in [5, 5.41) is 3.17. The van der Waals surface area contributed by atoms with Gasteiger partial charge in [0.1, 0.15) is 12.4 Å². The highest BCUT2D eigenvalue weighted by Crippen LogP contribution is 2.30. The Morgan fingerprint density at radius 3 is 2.46 bits per heavy atom. The van der Waals surface area contributed by atoms with Crippen LogP contribution in [0.15, 0.2) is 47.6 Å². The number of hydrogen-bond acceptors (Lipinski definition) is 2. The van der Waals surface area contributed by atoms with Crippen molar-refractivity contribution in [1.29, 1.82) is 0 Å². The lowest BCUT2D eigenvalue weighted by Crippen LogP contribution is -2.40. The van der Waals surface area contributed by atoms with E-state index in [9.17, 15) is 13.2 Å². The molecule has 0 atom stereocenters. The van der Waals surface area contributed by atoms with Gasteiger partial charge in [-0.25, -0.2) is 0 Å². The summed E-state index contributed by atoms with van der Waals surface area (Å²) in [7, 11) is 5.61. The number of aromatic nitrogens is 1. The number of aryl methyl sites for hydroxylation is 1. The molecule has 1 N–H and O–H groups in total. The van der Waals surface area contributed by atoms with Crippen LogP contribution in [0.2, 0.25) is 0 Å². The lowest BCUT2D eigenvalue weighted by atomic mass is 10.2. The van der Waals surface area contributed by atoms with Crippen LogP contribution in [-0.4, -0.2) is 42.7 Å². The van der Waals surface area contributed by atoms with Gasteiger partial charge in [-0.15, -0.1) is 0 Å². The summed E-state index contributed by atoms with van der Waals surface area (Å²) in [4.78, 5) is 6.20. The monoisotopic (exact) mass is 368 g/mol. The van der Waals surface area contributed by atoms with Gasteiger partial charge >= 0.3 is 6.18 Å². The van der Waals surface area contributed by atoms with Gasteiger partial charge in [-0.2, -0.15) is 13.2 Å². The molecule has 0 spiro atoms. The first-order valence-corrected chi connectivity index (χ1v) is 8.13. The molecule has 0 aliphatic rings. The molecule has 0 amide bonds. The summed E-state index contributed by atoms with van der Waals surface area (Å²) < 4.78 is 45.1. The molecule has 8 heteroatoms. The van der Waals surface area contributed by atoms with Crippen LogP contribution in [0.5, 0.6) is 5.75 Å². The molecule has 0 aliphatic carbocycles. The van der Waals surface area contributed by atoms with E-state index in [-0.39, 0.29) is 0 Å². The normalized spacial score (nSPS) is 12.2. The Morgan fingerprint density at radius 2 is 1.92 bits per heavy atom. The second-order valence-electron chi connectivity index (χ2n) is 5.81. The van der Waals surface area contributed by atoms with Gasteiger partial charge in [0.05, 0.1) is 18.7 Å². The van der Waals surface area contributed by atoms with Crippen molar-refractivity contribution in [1.82, 2.24) is 14.8 Å². The summed E-state index contributed by atoms with van der Waals surface area (Å²) in [6, 6.07) is 8.68. The average molecular weight is 368 g/mol. The molecular formula is C18H23F3N4O. The highest BCUT2D eigenvalue weighted by atomic mass is 19.4.